The van der Waals surface area contributed by atoms with Crippen LogP contribution in [0.2, 0.25) is 10.0 Å². The summed E-state index contributed by atoms with van der Waals surface area (Å²) in [4.78, 5) is 38.1. The average molecular weight is 1650 g/mol. The number of rotatable bonds is 83. The number of methoxy groups -OCH3 is 5. The number of ether oxygens (including phenoxy) is 29. The quantitative estimate of drug-likeness (QED) is 0.0536. The smallest absolute Gasteiger partial charge is 0.337 e. The molecule has 0 spiro atoms. The van der Waals surface area contributed by atoms with Gasteiger partial charge in [0.05, 0.1) is 379 Å². The second-order valence-electron chi connectivity index (χ2n) is 23.3. The molecular weight excluding hydrogens is 1520 g/mol. The van der Waals surface area contributed by atoms with Gasteiger partial charge in [0.25, 0.3) is 5.91 Å². The Labute approximate surface area is 670 Å². The van der Waals surface area contributed by atoms with E-state index in [1.165, 1.54) is 26.4 Å². The predicted molar refractivity (Wildman–Crippen MR) is 410 cm³/mol. The van der Waals surface area contributed by atoms with Gasteiger partial charge in [-0.1, -0.05) is 47.5 Å². The van der Waals surface area contributed by atoms with E-state index in [0.29, 0.717) is 340 Å². The van der Waals surface area contributed by atoms with Gasteiger partial charge in [-0.3, -0.25) is 4.79 Å². The third kappa shape index (κ3) is 55.0. The number of carbonyl (C=O) groups excluding carboxylic acids is 3. The highest BCUT2D eigenvalue weighted by atomic mass is 35.5. The standard InChI is InChI=1S/C77H125Cl2NO32/c1-84-10-11-89-12-13-90-14-15-91-16-17-92-18-19-93-20-21-94-22-23-95-24-25-96-26-27-97-28-29-98-30-31-99-32-33-100-34-35-101-36-37-102-38-39-103-40-41-104-42-43-105-44-45-106-46-47-107-48-49-108-50-51-109-52-53-110-54-55-111-56-57-112-63-65-59-71(85-2)73(72(60-65)86-3)66-8-6-64(7-9-66)58-70(77(83)88-5)80-75(81)74-68(78)61-67(62-69(74)79)76(82)87-4/h6-9,59-62,70H,10-58,63H2,1-5H3,(H,80,81)/t70-/m0/s1. The van der Waals surface area contributed by atoms with Crippen LogP contribution in [0.15, 0.2) is 48.5 Å². The molecule has 0 radical (unpaired) electrons. The lowest BCUT2D eigenvalue weighted by Gasteiger charge is -2.19. The van der Waals surface area contributed by atoms with Crippen molar-refractivity contribution in [3.63, 3.8) is 0 Å². The van der Waals surface area contributed by atoms with E-state index in [9.17, 15) is 14.4 Å². The Bertz CT molecular complexity index is 2650. The summed E-state index contributed by atoms with van der Waals surface area (Å²) in [6.45, 7) is 23.0. The lowest BCUT2D eigenvalue weighted by atomic mass is 9.98. The summed E-state index contributed by atoms with van der Waals surface area (Å²) < 4.78 is 159. The van der Waals surface area contributed by atoms with Crippen LogP contribution < -0.4 is 14.8 Å². The molecule has 0 aromatic heterocycles. The van der Waals surface area contributed by atoms with Gasteiger partial charge in [0.2, 0.25) is 0 Å². The number of hydrogen-bond donors (Lipinski definition) is 1. The average Bonchev–Trinajstić information content (AvgIpc) is 0.801. The van der Waals surface area contributed by atoms with Crippen LogP contribution >= 0.6 is 23.2 Å². The fourth-order valence-corrected chi connectivity index (χ4v) is 10.0. The van der Waals surface area contributed by atoms with Gasteiger partial charge in [0.1, 0.15) is 17.5 Å². The Hall–Kier alpha value is -4.75. The molecule has 0 fully saturated rings. The molecule has 0 bridgehead atoms. The first-order valence-electron chi connectivity index (χ1n) is 37.8. The van der Waals surface area contributed by atoms with Crippen molar-refractivity contribution in [2.45, 2.75) is 19.1 Å². The molecular formula is C77H125Cl2NO32. The van der Waals surface area contributed by atoms with Crippen LogP contribution in [0.4, 0.5) is 0 Å². The Balaban J connectivity index is 0.953. The Morgan fingerprint density at radius 1 is 0.304 bits per heavy atom. The van der Waals surface area contributed by atoms with E-state index in [-0.39, 0.29) is 34.2 Å². The summed E-state index contributed by atoms with van der Waals surface area (Å²) in [5.41, 5.74) is 2.98. The van der Waals surface area contributed by atoms with Crippen molar-refractivity contribution in [1.82, 2.24) is 5.32 Å². The maximum absolute atomic E-state index is 13.3. The molecule has 112 heavy (non-hydrogen) atoms. The van der Waals surface area contributed by atoms with Crippen LogP contribution in [0.1, 0.15) is 31.8 Å². The van der Waals surface area contributed by atoms with E-state index in [1.54, 1.807) is 21.3 Å². The highest BCUT2D eigenvalue weighted by Crippen LogP contribution is 2.40. The minimum Gasteiger partial charge on any atom is -0.496 e. The first-order valence-corrected chi connectivity index (χ1v) is 38.6. The van der Waals surface area contributed by atoms with Gasteiger partial charge in [0, 0.05) is 13.5 Å². The van der Waals surface area contributed by atoms with E-state index >= 15 is 0 Å². The molecule has 0 aliphatic carbocycles. The molecule has 3 aromatic carbocycles. The minimum absolute atomic E-state index is 0.0648. The normalized spacial score (nSPS) is 11.8. The number of amides is 1. The number of hydrogen-bond acceptors (Lipinski definition) is 32. The summed E-state index contributed by atoms with van der Waals surface area (Å²) in [5.74, 6) is -0.969. The third-order valence-corrected chi connectivity index (χ3v) is 15.6. The molecule has 33 nitrogen and oxygen atoms in total. The number of benzene rings is 3. The first-order chi connectivity index (χ1) is 55.2. The second-order valence-corrected chi connectivity index (χ2v) is 24.1. The van der Waals surface area contributed by atoms with E-state index in [2.05, 4.69) is 5.32 Å². The molecule has 0 aliphatic rings. The van der Waals surface area contributed by atoms with Crippen molar-refractivity contribution in [2.75, 3.05) is 353 Å². The summed E-state index contributed by atoms with van der Waals surface area (Å²) in [6.07, 6.45) is 0.0785. The zero-order valence-electron chi connectivity index (χ0n) is 66.4. The number of halogens is 2. The second kappa shape index (κ2) is 75.0. The Kier molecular flexibility index (Phi) is 68.0. The Morgan fingerprint density at radius 2 is 0.545 bits per heavy atom. The molecule has 644 valence electrons. The van der Waals surface area contributed by atoms with Crippen LogP contribution in [0.25, 0.3) is 11.1 Å². The van der Waals surface area contributed by atoms with E-state index < -0.39 is 23.9 Å². The van der Waals surface area contributed by atoms with Gasteiger partial charge >= 0.3 is 11.9 Å². The van der Waals surface area contributed by atoms with Crippen molar-refractivity contribution in [3.05, 3.63) is 80.8 Å². The molecule has 1 N–H and O–H groups in total. The lowest BCUT2D eigenvalue weighted by Crippen LogP contribution is -2.43. The summed E-state index contributed by atoms with van der Waals surface area (Å²) in [7, 11) is 7.20. The third-order valence-electron chi connectivity index (χ3n) is 15.0. The van der Waals surface area contributed by atoms with E-state index in [1.807, 2.05) is 36.4 Å². The van der Waals surface area contributed by atoms with Crippen LogP contribution in [-0.2, 0) is 146 Å². The summed E-state index contributed by atoms with van der Waals surface area (Å²) in [5, 5.41) is 2.46. The maximum Gasteiger partial charge on any atom is 0.337 e. The molecule has 0 unspecified atom stereocenters. The van der Waals surface area contributed by atoms with Gasteiger partial charge in [0.15, 0.2) is 0 Å². The molecule has 1 atom stereocenters. The van der Waals surface area contributed by atoms with Gasteiger partial charge in [-0.05, 0) is 41.0 Å². The zero-order chi connectivity index (χ0) is 80.3. The maximum atomic E-state index is 13.3. The highest BCUT2D eigenvalue weighted by Gasteiger charge is 2.27. The fourth-order valence-electron chi connectivity index (χ4n) is 9.36. The number of carbonyl (C=O) groups is 3. The molecule has 0 saturated carbocycles. The van der Waals surface area contributed by atoms with Crippen molar-refractivity contribution in [2.24, 2.45) is 0 Å². The van der Waals surface area contributed by atoms with Crippen LogP contribution in [0, 0.1) is 0 Å². The monoisotopic (exact) mass is 1650 g/mol. The van der Waals surface area contributed by atoms with Gasteiger partial charge in [-0.25, -0.2) is 9.59 Å². The van der Waals surface area contributed by atoms with Gasteiger partial charge < -0.3 is 143 Å². The molecule has 3 rings (SSSR count). The molecule has 0 aliphatic heterocycles. The minimum atomic E-state index is -1.10. The van der Waals surface area contributed by atoms with Crippen molar-refractivity contribution in [3.8, 4) is 22.6 Å². The topological polar surface area (TPSA) is 331 Å². The molecule has 3 aromatic rings. The first kappa shape index (κ1) is 101. The van der Waals surface area contributed by atoms with Crippen molar-refractivity contribution >= 4 is 41.0 Å². The van der Waals surface area contributed by atoms with Gasteiger partial charge in [-0.2, -0.15) is 0 Å². The fraction of sp³-hybridized carbons (Fsp3) is 0.727. The van der Waals surface area contributed by atoms with Gasteiger partial charge in [-0.15, -0.1) is 0 Å². The number of nitrogens with one attached hydrogen (secondary N) is 1. The van der Waals surface area contributed by atoms with Crippen LogP contribution in [-0.4, -0.2) is 377 Å². The molecule has 0 heterocycles. The molecule has 0 saturated heterocycles. The predicted octanol–water partition coefficient (Wildman–Crippen LogP) is 5.52. The van der Waals surface area contributed by atoms with E-state index in [4.69, 9.17) is 161 Å². The van der Waals surface area contributed by atoms with Crippen molar-refractivity contribution in [1.29, 1.82) is 0 Å². The van der Waals surface area contributed by atoms with E-state index in [0.717, 1.165) is 11.1 Å². The largest absolute Gasteiger partial charge is 0.496 e. The highest BCUT2D eigenvalue weighted by molar-refractivity contribution is 6.40. The van der Waals surface area contributed by atoms with Crippen LogP contribution in [0.5, 0.6) is 11.5 Å². The lowest BCUT2D eigenvalue weighted by molar-refractivity contribution is -0.142. The van der Waals surface area contributed by atoms with Crippen molar-refractivity contribution < 1.29 is 152 Å². The zero-order valence-corrected chi connectivity index (χ0v) is 67.9. The number of esters is 2. The Morgan fingerprint density at radius 3 is 0.768 bits per heavy atom. The SMILES string of the molecule is COCCOCCOCCOCCOCCOCCOCCOCCOCCOCCOCCOCCOCCOCCOCCOCCOCCOCCOCCOCCOCCOCCOCCOCCOCc1cc(OC)c(-c2ccc(C[C@H](NC(=O)c3c(Cl)cc(C(=O)OC)cc3Cl)C(=O)OC)cc2)c(OC)c1. The molecule has 35 heteroatoms. The summed E-state index contributed by atoms with van der Waals surface area (Å²) >= 11 is 12.7. The van der Waals surface area contributed by atoms with Crippen LogP contribution in [0.3, 0.4) is 0 Å². The summed E-state index contributed by atoms with van der Waals surface area (Å²) in [6, 6.07) is 12.5. The molecule has 1 amide bonds.